The fourth-order valence-electron chi connectivity index (χ4n) is 2.85. The van der Waals surface area contributed by atoms with Crippen LogP contribution in [-0.2, 0) is 19.5 Å². The summed E-state index contributed by atoms with van der Waals surface area (Å²) in [5.41, 5.74) is 4.48. The van der Waals surface area contributed by atoms with E-state index in [2.05, 4.69) is 17.4 Å². The lowest BCUT2D eigenvalue weighted by molar-refractivity contribution is 0.0750. The van der Waals surface area contributed by atoms with Crippen molar-refractivity contribution in [1.29, 1.82) is 0 Å². The van der Waals surface area contributed by atoms with Gasteiger partial charge in [0, 0.05) is 18.7 Å². The number of carbonyl (C=O) groups is 1. The highest BCUT2D eigenvalue weighted by atomic mass is 16.2. The van der Waals surface area contributed by atoms with Crippen LogP contribution in [0.1, 0.15) is 27.0 Å². The van der Waals surface area contributed by atoms with E-state index in [-0.39, 0.29) is 5.91 Å². The summed E-state index contributed by atoms with van der Waals surface area (Å²) in [7, 11) is 1.93. The standard InChI is InChI=1S/C18H20N2O/c1-19-11-10-14-6-4-5-9-17(14)18(21)20-12-15-7-2-3-8-16(15)13-20/h2-9,19H,10-13H2,1H3. The molecular formula is C18H20N2O. The van der Waals surface area contributed by atoms with E-state index >= 15 is 0 Å². The second-order valence-electron chi connectivity index (χ2n) is 5.44. The van der Waals surface area contributed by atoms with E-state index in [1.807, 2.05) is 48.3 Å². The molecule has 108 valence electrons. The molecule has 0 spiro atoms. The van der Waals surface area contributed by atoms with Gasteiger partial charge in [0.2, 0.25) is 0 Å². The van der Waals surface area contributed by atoms with E-state index in [0.29, 0.717) is 0 Å². The maximum atomic E-state index is 12.8. The quantitative estimate of drug-likeness (QED) is 0.933. The molecule has 0 fully saturated rings. The van der Waals surface area contributed by atoms with Crippen molar-refractivity contribution in [2.24, 2.45) is 0 Å². The third-order valence-corrected chi connectivity index (χ3v) is 4.02. The zero-order valence-electron chi connectivity index (χ0n) is 12.3. The SMILES string of the molecule is CNCCc1ccccc1C(=O)N1Cc2ccccc2C1. The van der Waals surface area contributed by atoms with Crippen LogP contribution < -0.4 is 5.32 Å². The van der Waals surface area contributed by atoms with E-state index in [0.717, 1.165) is 37.2 Å². The van der Waals surface area contributed by atoms with Crippen LogP contribution in [0, 0.1) is 0 Å². The van der Waals surface area contributed by atoms with Crippen molar-refractivity contribution in [3.63, 3.8) is 0 Å². The maximum Gasteiger partial charge on any atom is 0.254 e. The smallest absolute Gasteiger partial charge is 0.254 e. The van der Waals surface area contributed by atoms with Gasteiger partial charge in [-0.15, -0.1) is 0 Å². The average Bonchev–Trinajstić information content (AvgIpc) is 2.96. The van der Waals surface area contributed by atoms with Crippen LogP contribution in [0.5, 0.6) is 0 Å². The van der Waals surface area contributed by atoms with Crippen LogP contribution in [0.25, 0.3) is 0 Å². The van der Waals surface area contributed by atoms with Crippen LogP contribution in [0.2, 0.25) is 0 Å². The van der Waals surface area contributed by atoms with Gasteiger partial charge in [0.25, 0.3) is 5.91 Å². The maximum absolute atomic E-state index is 12.8. The number of rotatable bonds is 4. The number of nitrogens with one attached hydrogen (secondary N) is 1. The van der Waals surface area contributed by atoms with Crippen LogP contribution in [0.4, 0.5) is 0 Å². The molecule has 3 nitrogen and oxygen atoms in total. The Labute approximate surface area is 125 Å². The Morgan fingerprint density at radius 1 is 1.05 bits per heavy atom. The molecule has 2 aromatic rings. The van der Waals surface area contributed by atoms with E-state index in [9.17, 15) is 4.79 Å². The van der Waals surface area contributed by atoms with E-state index in [4.69, 9.17) is 0 Å². The van der Waals surface area contributed by atoms with Gasteiger partial charge in [-0.2, -0.15) is 0 Å². The van der Waals surface area contributed by atoms with Crippen molar-refractivity contribution in [2.75, 3.05) is 13.6 Å². The minimum atomic E-state index is 0.137. The average molecular weight is 280 g/mol. The van der Waals surface area contributed by atoms with Crippen molar-refractivity contribution in [3.05, 3.63) is 70.8 Å². The van der Waals surface area contributed by atoms with Gasteiger partial charge in [0.15, 0.2) is 0 Å². The first-order valence-corrected chi connectivity index (χ1v) is 7.38. The summed E-state index contributed by atoms with van der Waals surface area (Å²) in [4.78, 5) is 14.7. The number of nitrogens with zero attached hydrogens (tertiary/aromatic N) is 1. The van der Waals surface area contributed by atoms with Crippen LogP contribution in [-0.4, -0.2) is 24.4 Å². The largest absolute Gasteiger partial charge is 0.330 e. The molecule has 0 atom stereocenters. The third kappa shape index (κ3) is 2.83. The summed E-state index contributed by atoms with van der Waals surface area (Å²) < 4.78 is 0. The molecule has 1 N–H and O–H groups in total. The van der Waals surface area contributed by atoms with Gasteiger partial charge in [0.1, 0.15) is 0 Å². The van der Waals surface area contributed by atoms with Gasteiger partial charge in [0.05, 0.1) is 0 Å². The summed E-state index contributed by atoms with van der Waals surface area (Å²) >= 11 is 0. The number of hydrogen-bond donors (Lipinski definition) is 1. The number of amides is 1. The van der Waals surface area contributed by atoms with Crippen LogP contribution >= 0.6 is 0 Å². The summed E-state index contributed by atoms with van der Waals surface area (Å²) in [6.07, 6.45) is 0.874. The van der Waals surface area contributed by atoms with Gasteiger partial charge in [-0.25, -0.2) is 0 Å². The molecule has 0 radical (unpaired) electrons. The monoisotopic (exact) mass is 280 g/mol. The first-order valence-electron chi connectivity index (χ1n) is 7.38. The molecule has 1 amide bonds. The lowest BCUT2D eigenvalue weighted by atomic mass is 10.0. The molecule has 0 saturated heterocycles. The van der Waals surface area contributed by atoms with E-state index < -0.39 is 0 Å². The highest BCUT2D eigenvalue weighted by Gasteiger charge is 2.24. The zero-order valence-corrected chi connectivity index (χ0v) is 12.3. The lowest BCUT2D eigenvalue weighted by Gasteiger charge is -2.18. The molecule has 0 bridgehead atoms. The summed E-state index contributed by atoms with van der Waals surface area (Å²) in [5.74, 6) is 0.137. The Morgan fingerprint density at radius 2 is 1.67 bits per heavy atom. The zero-order chi connectivity index (χ0) is 14.7. The van der Waals surface area contributed by atoms with Gasteiger partial charge in [-0.05, 0) is 42.8 Å². The number of fused-ring (bicyclic) bond motifs is 1. The van der Waals surface area contributed by atoms with Crippen molar-refractivity contribution >= 4 is 5.91 Å². The molecule has 1 heterocycles. The molecule has 2 aromatic carbocycles. The fraction of sp³-hybridized carbons (Fsp3) is 0.278. The lowest BCUT2D eigenvalue weighted by Crippen LogP contribution is -2.26. The van der Waals surface area contributed by atoms with Crippen molar-refractivity contribution in [1.82, 2.24) is 10.2 Å². The molecule has 0 unspecified atom stereocenters. The predicted octanol–water partition coefficient (Wildman–Crippen LogP) is 2.60. The Balaban J connectivity index is 1.81. The van der Waals surface area contributed by atoms with Gasteiger partial charge >= 0.3 is 0 Å². The number of likely N-dealkylation sites (N-methyl/N-ethyl adjacent to an activating group) is 1. The Kier molecular flexibility index (Phi) is 4.02. The number of carbonyl (C=O) groups excluding carboxylic acids is 1. The molecule has 3 heteroatoms. The van der Waals surface area contributed by atoms with Crippen LogP contribution in [0.3, 0.4) is 0 Å². The highest BCUT2D eigenvalue weighted by molar-refractivity contribution is 5.96. The predicted molar refractivity (Wildman–Crippen MR) is 84.1 cm³/mol. The normalized spacial score (nSPS) is 13.3. The summed E-state index contributed by atoms with van der Waals surface area (Å²) in [5, 5.41) is 3.14. The topological polar surface area (TPSA) is 32.3 Å². The first kappa shape index (κ1) is 13.8. The Morgan fingerprint density at radius 3 is 2.33 bits per heavy atom. The Hall–Kier alpha value is -2.13. The minimum absolute atomic E-state index is 0.137. The molecule has 1 aliphatic rings. The minimum Gasteiger partial charge on any atom is -0.330 e. The van der Waals surface area contributed by atoms with E-state index in [1.54, 1.807) is 0 Å². The molecule has 0 aromatic heterocycles. The molecular weight excluding hydrogens is 260 g/mol. The van der Waals surface area contributed by atoms with Crippen molar-refractivity contribution < 1.29 is 4.79 Å². The molecule has 0 saturated carbocycles. The van der Waals surface area contributed by atoms with Gasteiger partial charge < -0.3 is 10.2 Å². The van der Waals surface area contributed by atoms with Gasteiger partial charge in [-0.1, -0.05) is 42.5 Å². The van der Waals surface area contributed by atoms with Gasteiger partial charge in [-0.3, -0.25) is 4.79 Å². The second-order valence-corrected chi connectivity index (χ2v) is 5.44. The highest BCUT2D eigenvalue weighted by Crippen LogP contribution is 2.24. The molecule has 21 heavy (non-hydrogen) atoms. The number of hydrogen-bond acceptors (Lipinski definition) is 2. The summed E-state index contributed by atoms with van der Waals surface area (Å²) in [6.45, 7) is 2.31. The third-order valence-electron chi connectivity index (χ3n) is 4.02. The van der Waals surface area contributed by atoms with Crippen molar-refractivity contribution in [2.45, 2.75) is 19.5 Å². The second kappa shape index (κ2) is 6.10. The summed E-state index contributed by atoms with van der Waals surface area (Å²) in [6, 6.07) is 16.2. The fourth-order valence-corrected chi connectivity index (χ4v) is 2.85. The van der Waals surface area contributed by atoms with Crippen LogP contribution in [0.15, 0.2) is 48.5 Å². The molecule has 1 aliphatic heterocycles. The molecule has 3 rings (SSSR count). The number of benzene rings is 2. The van der Waals surface area contributed by atoms with Crippen molar-refractivity contribution in [3.8, 4) is 0 Å². The van der Waals surface area contributed by atoms with E-state index in [1.165, 1.54) is 11.1 Å². The molecule has 0 aliphatic carbocycles. The first-order chi connectivity index (χ1) is 10.3. The Bertz CT molecular complexity index is 626.